The number of benzene rings is 2. The summed E-state index contributed by atoms with van der Waals surface area (Å²) in [6.07, 6.45) is 0. The minimum absolute atomic E-state index is 0.362. The van der Waals surface area contributed by atoms with Gasteiger partial charge in [0.2, 0.25) is 10.0 Å². The molecule has 0 saturated heterocycles. The fourth-order valence-electron chi connectivity index (χ4n) is 2.05. The molecule has 0 spiro atoms. The number of nitrogens with one attached hydrogen (secondary N) is 1. The van der Waals surface area contributed by atoms with Crippen LogP contribution < -0.4 is 9.46 Å². The summed E-state index contributed by atoms with van der Waals surface area (Å²) in [7, 11) is -4.07. The van der Waals surface area contributed by atoms with Gasteiger partial charge in [-0.05, 0) is 30.7 Å². The molecule has 2 rings (SSSR count). The Balaban J connectivity index is 2.31. The second-order valence-electron chi connectivity index (χ2n) is 4.69. The number of rotatable bonds is 6. The average molecular weight is 362 g/mol. The number of hydrogen-bond donors (Lipinski definition) is 1. The maximum absolute atomic E-state index is 12.5. The van der Waals surface area contributed by atoms with Crippen LogP contribution in [0.2, 0.25) is 5.02 Å². The molecule has 8 heteroatoms. The Morgan fingerprint density at radius 3 is 2.35 bits per heavy atom. The predicted molar refractivity (Wildman–Crippen MR) is 83.3 cm³/mol. The van der Waals surface area contributed by atoms with E-state index >= 15 is 0 Å². The predicted octanol–water partition coefficient (Wildman–Crippen LogP) is 3.98. The van der Waals surface area contributed by atoms with Gasteiger partial charge >= 0.3 is 6.61 Å². The molecule has 23 heavy (non-hydrogen) atoms. The third kappa shape index (κ3) is 4.40. The normalized spacial score (nSPS) is 13.1. The first-order valence-electron chi connectivity index (χ1n) is 6.62. The van der Waals surface area contributed by atoms with Crippen LogP contribution in [0.25, 0.3) is 0 Å². The van der Waals surface area contributed by atoms with Crippen molar-refractivity contribution >= 4 is 21.6 Å². The van der Waals surface area contributed by atoms with E-state index in [9.17, 15) is 17.2 Å². The van der Waals surface area contributed by atoms with Crippen molar-refractivity contribution in [2.45, 2.75) is 24.5 Å². The summed E-state index contributed by atoms with van der Waals surface area (Å²) in [5.41, 5.74) is 0.574. The maximum atomic E-state index is 12.5. The van der Waals surface area contributed by atoms with Gasteiger partial charge in [0.15, 0.2) is 0 Å². The lowest BCUT2D eigenvalue weighted by Crippen LogP contribution is -2.27. The van der Waals surface area contributed by atoms with E-state index in [2.05, 4.69) is 9.46 Å². The Labute approximate surface area is 138 Å². The minimum atomic E-state index is -4.07. The van der Waals surface area contributed by atoms with Gasteiger partial charge in [-0.15, -0.1) is 0 Å². The average Bonchev–Trinajstić information content (AvgIpc) is 2.47. The lowest BCUT2D eigenvalue weighted by molar-refractivity contribution is -0.0517. The Hall–Kier alpha value is -1.70. The van der Waals surface area contributed by atoms with Gasteiger partial charge < -0.3 is 4.74 Å². The van der Waals surface area contributed by atoms with Crippen LogP contribution in [0.15, 0.2) is 53.4 Å². The highest BCUT2D eigenvalue weighted by molar-refractivity contribution is 7.89. The lowest BCUT2D eigenvalue weighted by Gasteiger charge is -2.17. The van der Waals surface area contributed by atoms with Crippen LogP contribution in [0.1, 0.15) is 18.5 Å². The molecule has 0 aromatic heterocycles. The van der Waals surface area contributed by atoms with Gasteiger partial charge in [-0.3, -0.25) is 0 Å². The minimum Gasteiger partial charge on any atom is -0.433 e. The second-order valence-corrected chi connectivity index (χ2v) is 6.78. The van der Waals surface area contributed by atoms with E-state index < -0.39 is 28.4 Å². The molecule has 2 aromatic carbocycles. The van der Waals surface area contributed by atoms with Crippen molar-refractivity contribution in [3.8, 4) is 5.75 Å². The molecule has 124 valence electrons. The zero-order valence-electron chi connectivity index (χ0n) is 12.0. The van der Waals surface area contributed by atoms with Crippen LogP contribution in [0.3, 0.4) is 0 Å². The Morgan fingerprint density at radius 2 is 1.70 bits per heavy atom. The van der Waals surface area contributed by atoms with Gasteiger partial charge in [-0.1, -0.05) is 41.9 Å². The van der Waals surface area contributed by atoms with Crippen LogP contribution >= 0.6 is 11.6 Å². The SMILES string of the molecule is CC(NS(=O)(=O)c1ccccc1OC(F)F)c1ccccc1Cl. The van der Waals surface area contributed by atoms with E-state index in [-0.39, 0.29) is 4.90 Å². The van der Waals surface area contributed by atoms with Crippen LogP contribution in [-0.4, -0.2) is 15.0 Å². The summed E-state index contributed by atoms with van der Waals surface area (Å²) in [5, 5.41) is 0.403. The highest BCUT2D eigenvalue weighted by Gasteiger charge is 2.24. The summed E-state index contributed by atoms with van der Waals surface area (Å²) >= 11 is 6.04. The van der Waals surface area contributed by atoms with E-state index in [4.69, 9.17) is 11.6 Å². The van der Waals surface area contributed by atoms with Crippen molar-refractivity contribution in [1.29, 1.82) is 0 Å². The molecule has 1 N–H and O–H groups in total. The van der Waals surface area contributed by atoms with Gasteiger partial charge in [-0.2, -0.15) is 8.78 Å². The summed E-state index contributed by atoms with van der Waals surface area (Å²) in [4.78, 5) is -0.362. The molecule has 4 nitrogen and oxygen atoms in total. The summed E-state index contributed by atoms with van der Waals surface area (Å²) in [5.74, 6) is -0.415. The van der Waals surface area contributed by atoms with Crippen molar-refractivity contribution < 1.29 is 21.9 Å². The van der Waals surface area contributed by atoms with Gasteiger partial charge in [0.05, 0.1) is 0 Å². The van der Waals surface area contributed by atoms with Crippen molar-refractivity contribution in [3.05, 3.63) is 59.1 Å². The fourth-order valence-corrected chi connectivity index (χ4v) is 3.71. The molecule has 0 amide bonds. The summed E-state index contributed by atoms with van der Waals surface area (Å²) < 4.78 is 56.4. The second kappa shape index (κ2) is 7.25. The highest BCUT2D eigenvalue weighted by atomic mass is 35.5. The number of ether oxygens (including phenoxy) is 1. The molecule has 0 fully saturated rings. The first-order chi connectivity index (χ1) is 10.8. The molecule has 0 bridgehead atoms. The molecule has 0 aliphatic heterocycles. The molecule has 1 unspecified atom stereocenters. The molecule has 2 aromatic rings. The monoisotopic (exact) mass is 361 g/mol. The molecule has 0 saturated carbocycles. The molecular weight excluding hydrogens is 348 g/mol. The smallest absolute Gasteiger partial charge is 0.387 e. The molecule has 0 radical (unpaired) electrons. The molecule has 0 heterocycles. The zero-order valence-corrected chi connectivity index (χ0v) is 13.6. The summed E-state index contributed by atoms with van der Waals surface area (Å²) in [6, 6.07) is 11.3. The van der Waals surface area contributed by atoms with Crippen molar-refractivity contribution in [2.24, 2.45) is 0 Å². The molecule has 0 aliphatic carbocycles. The number of para-hydroxylation sites is 1. The molecule has 1 atom stereocenters. The topological polar surface area (TPSA) is 55.4 Å². The first-order valence-corrected chi connectivity index (χ1v) is 8.48. The standard InChI is InChI=1S/C15H14ClF2NO3S/c1-10(11-6-2-3-7-12(11)16)19-23(20,21)14-9-5-4-8-13(14)22-15(17)18/h2-10,15,19H,1H3. The van der Waals surface area contributed by atoms with E-state index in [1.165, 1.54) is 24.3 Å². The lowest BCUT2D eigenvalue weighted by atomic mass is 10.1. The van der Waals surface area contributed by atoms with E-state index in [0.29, 0.717) is 10.6 Å². The van der Waals surface area contributed by atoms with Gasteiger partial charge in [0.25, 0.3) is 0 Å². The number of sulfonamides is 1. The first kappa shape index (κ1) is 17.7. The molecular formula is C15H14ClF2NO3S. The van der Waals surface area contributed by atoms with Crippen LogP contribution in [0.4, 0.5) is 8.78 Å². The largest absolute Gasteiger partial charge is 0.433 e. The third-order valence-electron chi connectivity index (χ3n) is 3.06. The van der Waals surface area contributed by atoms with Crippen LogP contribution in [0.5, 0.6) is 5.75 Å². The fraction of sp³-hybridized carbons (Fsp3) is 0.200. The van der Waals surface area contributed by atoms with Crippen molar-refractivity contribution in [3.63, 3.8) is 0 Å². The van der Waals surface area contributed by atoms with Crippen molar-refractivity contribution in [1.82, 2.24) is 4.72 Å². The Morgan fingerprint density at radius 1 is 1.09 bits per heavy atom. The highest BCUT2D eigenvalue weighted by Crippen LogP contribution is 2.28. The maximum Gasteiger partial charge on any atom is 0.387 e. The van der Waals surface area contributed by atoms with E-state index in [1.807, 2.05) is 0 Å². The van der Waals surface area contributed by atoms with Gasteiger partial charge in [0.1, 0.15) is 10.6 Å². The third-order valence-corrected chi connectivity index (χ3v) is 4.98. The van der Waals surface area contributed by atoms with E-state index in [1.54, 1.807) is 31.2 Å². The van der Waals surface area contributed by atoms with Gasteiger partial charge in [-0.25, -0.2) is 13.1 Å². The summed E-state index contributed by atoms with van der Waals surface area (Å²) in [6.45, 7) is -1.51. The van der Waals surface area contributed by atoms with Crippen LogP contribution in [0, 0.1) is 0 Å². The van der Waals surface area contributed by atoms with E-state index in [0.717, 1.165) is 0 Å². The Bertz CT molecular complexity index is 784. The zero-order chi connectivity index (χ0) is 17.0. The number of halogens is 3. The molecule has 0 aliphatic rings. The van der Waals surface area contributed by atoms with Crippen LogP contribution in [-0.2, 0) is 10.0 Å². The number of alkyl halides is 2. The number of hydrogen-bond acceptors (Lipinski definition) is 3. The van der Waals surface area contributed by atoms with Gasteiger partial charge in [0, 0.05) is 11.1 Å². The quantitative estimate of drug-likeness (QED) is 0.846. The van der Waals surface area contributed by atoms with Crippen molar-refractivity contribution in [2.75, 3.05) is 0 Å². The Kier molecular flexibility index (Phi) is 5.56.